The van der Waals surface area contributed by atoms with Gasteiger partial charge in [-0.25, -0.2) is 14.8 Å². The summed E-state index contributed by atoms with van der Waals surface area (Å²) in [5.74, 6) is 3.41. The van der Waals surface area contributed by atoms with E-state index in [0.29, 0.717) is 13.1 Å². The summed E-state index contributed by atoms with van der Waals surface area (Å²) in [5.41, 5.74) is 3.11. The van der Waals surface area contributed by atoms with Gasteiger partial charge in [0.25, 0.3) is 0 Å². The van der Waals surface area contributed by atoms with Gasteiger partial charge in [-0.05, 0) is 63.4 Å². The number of nitrogens with zero attached hydrogens (tertiary/aromatic N) is 6. The van der Waals surface area contributed by atoms with E-state index in [1.807, 2.05) is 43.1 Å². The number of anilines is 4. The number of aromatic amines is 1. The number of aromatic nitrogens is 4. The zero-order valence-corrected chi connectivity index (χ0v) is 21.5. The minimum Gasteiger partial charge on any atom is -0.356 e. The summed E-state index contributed by atoms with van der Waals surface area (Å²) < 4.78 is 0. The number of pyridine rings is 2. The Labute approximate surface area is 212 Å². The van der Waals surface area contributed by atoms with Crippen molar-refractivity contribution in [3.63, 3.8) is 0 Å². The molecule has 0 aliphatic carbocycles. The number of hydrogen-bond donors (Lipinski definition) is 3. The molecule has 0 saturated carbocycles. The summed E-state index contributed by atoms with van der Waals surface area (Å²) in [6.45, 7) is 12.3. The molecule has 0 spiro atoms. The van der Waals surface area contributed by atoms with Crippen LogP contribution in [0.1, 0.15) is 43.1 Å². The Morgan fingerprint density at radius 3 is 2.53 bits per heavy atom. The molecule has 2 fully saturated rings. The lowest BCUT2D eigenvalue weighted by atomic mass is 10.1. The number of H-pyrrole nitrogens is 1. The van der Waals surface area contributed by atoms with Crippen LogP contribution in [0.25, 0.3) is 0 Å². The van der Waals surface area contributed by atoms with Crippen molar-refractivity contribution in [1.29, 1.82) is 0 Å². The van der Waals surface area contributed by atoms with Gasteiger partial charge in [-0.1, -0.05) is 6.07 Å². The Kier molecular flexibility index (Phi) is 6.67. The average Bonchev–Trinajstić information content (AvgIpc) is 3.22. The predicted octanol–water partition coefficient (Wildman–Crippen LogP) is 3.75. The number of carbonyl (C=O) groups excluding carboxylic acids is 1. The van der Waals surface area contributed by atoms with E-state index in [1.54, 1.807) is 0 Å². The highest BCUT2D eigenvalue weighted by Gasteiger charge is 2.29. The first kappa shape index (κ1) is 23.9. The SMILES string of the molecule is Cc1cc(Nc2cc(C)[nH]n2)nc(N2CCN(C(=O)N[C@@H](C)c3ccc(N4CCC4)nc3)[C@@H](C)C2)c1. The molecule has 2 atom stereocenters. The van der Waals surface area contributed by atoms with E-state index in [0.717, 1.165) is 59.7 Å². The minimum absolute atomic E-state index is 0.0464. The van der Waals surface area contributed by atoms with E-state index in [1.165, 1.54) is 6.42 Å². The number of hydrogen-bond acceptors (Lipinski definition) is 7. The molecule has 3 aromatic rings. The maximum atomic E-state index is 13.1. The third-order valence-electron chi connectivity index (χ3n) is 6.92. The van der Waals surface area contributed by atoms with Crippen molar-refractivity contribution in [1.82, 2.24) is 30.4 Å². The van der Waals surface area contributed by atoms with Crippen molar-refractivity contribution in [3.8, 4) is 0 Å². The van der Waals surface area contributed by atoms with Crippen molar-refractivity contribution in [2.75, 3.05) is 47.8 Å². The maximum Gasteiger partial charge on any atom is 0.318 e. The third kappa shape index (κ3) is 5.22. The van der Waals surface area contributed by atoms with E-state index in [9.17, 15) is 4.79 Å². The van der Waals surface area contributed by atoms with Crippen LogP contribution in [0.3, 0.4) is 0 Å². The topological polar surface area (TPSA) is 105 Å². The Balaban J connectivity index is 1.19. The fourth-order valence-corrected chi connectivity index (χ4v) is 4.69. The molecule has 5 rings (SSSR count). The van der Waals surface area contributed by atoms with Crippen LogP contribution >= 0.6 is 0 Å². The van der Waals surface area contributed by atoms with Crippen LogP contribution in [0.4, 0.5) is 28.1 Å². The van der Waals surface area contributed by atoms with Crippen LogP contribution in [-0.2, 0) is 0 Å². The largest absolute Gasteiger partial charge is 0.356 e. The normalized spacial score (nSPS) is 18.6. The van der Waals surface area contributed by atoms with Gasteiger partial charge in [0, 0.05) is 56.7 Å². The van der Waals surface area contributed by atoms with E-state index in [-0.39, 0.29) is 18.1 Å². The van der Waals surface area contributed by atoms with Crippen molar-refractivity contribution in [2.24, 2.45) is 0 Å². The van der Waals surface area contributed by atoms with E-state index >= 15 is 0 Å². The number of piperazine rings is 1. The van der Waals surface area contributed by atoms with Gasteiger partial charge in [-0.2, -0.15) is 5.10 Å². The molecule has 3 aromatic heterocycles. The number of amides is 2. The zero-order valence-electron chi connectivity index (χ0n) is 21.5. The van der Waals surface area contributed by atoms with Crippen LogP contribution in [0.2, 0.25) is 0 Å². The molecular formula is C26H35N9O. The first-order valence-electron chi connectivity index (χ1n) is 12.7. The molecule has 0 bridgehead atoms. The summed E-state index contributed by atoms with van der Waals surface area (Å²) in [4.78, 5) is 28.9. The lowest BCUT2D eigenvalue weighted by molar-refractivity contribution is 0.168. The first-order valence-corrected chi connectivity index (χ1v) is 12.7. The molecule has 0 radical (unpaired) electrons. The van der Waals surface area contributed by atoms with Gasteiger partial charge in [-0.3, -0.25) is 5.10 Å². The number of nitrogens with one attached hydrogen (secondary N) is 3. The Hall–Kier alpha value is -3.82. The summed E-state index contributed by atoms with van der Waals surface area (Å²) in [7, 11) is 0. The lowest BCUT2D eigenvalue weighted by Crippen LogP contribution is -2.57. The zero-order chi connectivity index (χ0) is 25.2. The van der Waals surface area contributed by atoms with Gasteiger partial charge in [0.15, 0.2) is 5.82 Å². The van der Waals surface area contributed by atoms with Crippen molar-refractivity contribution in [3.05, 3.63) is 53.3 Å². The van der Waals surface area contributed by atoms with Gasteiger partial charge in [0.05, 0.1) is 6.04 Å². The summed E-state index contributed by atoms with van der Waals surface area (Å²) in [6.07, 6.45) is 3.10. The van der Waals surface area contributed by atoms with Gasteiger partial charge in [0.1, 0.15) is 17.5 Å². The van der Waals surface area contributed by atoms with Crippen LogP contribution in [0.5, 0.6) is 0 Å². The van der Waals surface area contributed by atoms with Crippen LogP contribution in [0, 0.1) is 13.8 Å². The van der Waals surface area contributed by atoms with E-state index in [2.05, 4.69) is 61.6 Å². The fourth-order valence-electron chi connectivity index (χ4n) is 4.69. The Morgan fingerprint density at radius 1 is 1.06 bits per heavy atom. The molecule has 36 heavy (non-hydrogen) atoms. The quantitative estimate of drug-likeness (QED) is 0.484. The Bertz CT molecular complexity index is 1200. The summed E-state index contributed by atoms with van der Waals surface area (Å²) in [5, 5.41) is 13.6. The number of rotatable bonds is 6. The van der Waals surface area contributed by atoms with Gasteiger partial charge >= 0.3 is 6.03 Å². The monoisotopic (exact) mass is 489 g/mol. The molecule has 10 nitrogen and oxygen atoms in total. The smallest absolute Gasteiger partial charge is 0.318 e. The van der Waals surface area contributed by atoms with Crippen LogP contribution < -0.4 is 20.4 Å². The summed E-state index contributed by atoms with van der Waals surface area (Å²) >= 11 is 0. The second-order valence-corrected chi connectivity index (χ2v) is 9.90. The van der Waals surface area contributed by atoms with Crippen LogP contribution in [-0.4, -0.2) is 69.9 Å². The lowest BCUT2D eigenvalue weighted by Gasteiger charge is -2.41. The molecule has 0 aromatic carbocycles. The van der Waals surface area contributed by atoms with Gasteiger partial charge in [0.2, 0.25) is 0 Å². The highest BCUT2D eigenvalue weighted by atomic mass is 16.2. The molecule has 190 valence electrons. The fraction of sp³-hybridized carbons (Fsp3) is 0.462. The molecule has 2 aliphatic heterocycles. The summed E-state index contributed by atoms with van der Waals surface area (Å²) in [6, 6.07) is 10.0. The molecular weight excluding hydrogens is 454 g/mol. The number of carbonyl (C=O) groups is 1. The van der Waals surface area contributed by atoms with Gasteiger partial charge < -0.3 is 25.3 Å². The molecule has 2 saturated heterocycles. The van der Waals surface area contributed by atoms with Crippen molar-refractivity contribution in [2.45, 2.75) is 46.2 Å². The molecule has 2 aliphatic rings. The highest BCUT2D eigenvalue weighted by Crippen LogP contribution is 2.24. The third-order valence-corrected chi connectivity index (χ3v) is 6.92. The van der Waals surface area contributed by atoms with Crippen LogP contribution in [0.15, 0.2) is 36.5 Å². The molecule has 10 heteroatoms. The highest BCUT2D eigenvalue weighted by molar-refractivity contribution is 5.75. The molecule has 5 heterocycles. The number of urea groups is 1. The maximum absolute atomic E-state index is 13.1. The Morgan fingerprint density at radius 2 is 1.89 bits per heavy atom. The van der Waals surface area contributed by atoms with E-state index in [4.69, 9.17) is 4.98 Å². The molecule has 3 N–H and O–H groups in total. The second-order valence-electron chi connectivity index (χ2n) is 9.90. The van der Waals surface area contributed by atoms with Crippen molar-refractivity contribution < 1.29 is 4.79 Å². The average molecular weight is 490 g/mol. The second kappa shape index (κ2) is 10.0. The number of aryl methyl sites for hydroxylation is 2. The molecule has 2 amide bonds. The minimum atomic E-state index is -0.113. The van der Waals surface area contributed by atoms with Crippen molar-refractivity contribution >= 4 is 29.3 Å². The van der Waals surface area contributed by atoms with E-state index < -0.39 is 0 Å². The predicted molar refractivity (Wildman–Crippen MR) is 142 cm³/mol. The first-order chi connectivity index (χ1) is 17.4. The molecule has 0 unspecified atom stereocenters. The standard InChI is InChI=1S/C26H35N9O/c1-17-12-22(29-23-14-18(2)31-32-23)30-25(13-17)34-10-11-35(19(3)16-34)26(36)28-20(4)21-6-7-24(27-15-21)33-8-5-9-33/h6-7,12-15,19-20H,5,8-11,16H2,1-4H3,(H,28,36)(H2,29,30,31,32)/t19-,20-/m0/s1. The van der Waals surface area contributed by atoms with Gasteiger partial charge in [-0.15, -0.1) is 0 Å².